The maximum Gasteiger partial charge on any atom is 0.335 e. The third-order valence-electron chi connectivity index (χ3n) is 3.00. The van der Waals surface area contributed by atoms with Crippen molar-refractivity contribution >= 4 is 28.6 Å². The number of benzene rings is 1. The molecule has 0 radical (unpaired) electrons. The number of thioether (sulfide) groups is 1. The predicted octanol–water partition coefficient (Wildman–Crippen LogP) is 3.61. The van der Waals surface area contributed by atoms with Crippen LogP contribution in [0.2, 0.25) is 0 Å². The Hall–Kier alpha value is -1.42. The maximum atomic E-state index is 11.0. The second-order valence-electron chi connectivity index (χ2n) is 4.10. The lowest BCUT2D eigenvalue weighted by atomic mass is 10.1. The minimum Gasteiger partial charge on any atom is -0.478 e. The Kier molecular flexibility index (Phi) is 3.97. The van der Waals surface area contributed by atoms with Gasteiger partial charge in [0.2, 0.25) is 0 Å². The Labute approximate surface area is 111 Å². The van der Waals surface area contributed by atoms with E-state index >= 15 is 0 Å². The number of carbonyl (C=O) groups is 1. The zero-order valence-electron chi connectivity index (χ0n) is 10.6. The first-order valence-electron chi connectivity index (χ1n) is 6.10. The number of aryl methyl sites for hydroxylation is 1. The molecule has 96 valence electrons. The second-order valence-corrected chi connectivity index (χ2v) is 5.37. The first-order chi connectivity index (χ1) is 8.67. The van der Waals surface area contributed by atoms with Gasteiger partial charge in [0.15, 0.2) is 0 Å². The molecule has 4 heteroatoms. The van der Waals surface area contributed by atoms with Crippen molar-refractivity contribution in [3.05, 3.63) is 35.5 Å². The van der Waals surface area contributed by atoms with E-state index in [9.17, 15) is 4.79 Å². The van der Waals surface area contributed by atoms with Crippen molar-refractivity contribution in [2.24, 2.45) is 0 Å². The lowest BCUT2D eigenvalue weighted by molar-refractivity contribution is 0.0697. The van der Waals surface area contributed by atoms with E-state index in [0.29, 0.717) is 5.56 Å². The molecule has 1 aromatic heterocycles. The zero-order valence-corrected chi connectivity index (χ0v) is 11.5. The van der Waals surface area contributed by atoms with Crippen LogP contribution in [0.4, 0.5) is 0 Å². The lowest BCUT2D eigenvalue weighted by Crippen LogP contribution is -1.99. The molecule has 2 rings (SSSR count). The fraction of sp³-hybridized carbons (Fsp3) is 0.357. The molecule has 0 saturated heterocycles. The van der Waals surface area contributed by atoms with Crippen LogP contribution in [0.25, 0.3) is 10.9 Å². The molecule has 0 aliphatic heterocycles. The number of aromatic nitrogens is 1. The van der Waals surface area contributed by atoms with Crippen molar-refractivity contribution in [3.8, 4) is 0 Å². The van der Waals surface area contributed by atoms with Crippen molar-refractivity contribution < 1.29 is 9.90 Å². The van der Waals surface area contributed by atoms with Crippen LogP contribution in [0.5, 0.6) is 0 Å². The van der Waals surface area contributed by atoms with E-state index in [1.54, 1.807) is 12.1 Å². The number of nitrogens with zero attached hydrogens (tertiary/aromatic N) is 1. The molecule has 0 amide bonds. The van der Waals surface area contributed by atoms with E-state index in [4.69, 9.17) is 5.11 Å². The number of carboxylic acid groups (broad SMARTS) is 1. The third-order valence-corrected chi connectivity index (χ3v) is 3.91. The monoisotopic (exact) mass is 263 g/mol. The average Bonchev–Trinajstić information content (AvgIpc) is 2.72. The Bertz CT molecular complexity index is 574. The van der Waals surface area contributed by atoms with Gasteiger partial charge in [0.25, 0.3) is 0 Å². The standard InChI is InChI=1S/C14H17NO2S/c1-3-15-12(9-18-4-2)8-11-7-10(14(16)17)5-6-13(11)15/h5-8H,3-4,9H2,1-2H3,(H,16,17). The van der Waals surface area contributed by atoms with Crippen molar-refractivity contribution in [3.63, 3.8) is 0 Å². The van der Waals surface area contributed by atoms with Crippen molar-refractivity contribution in [2.45, 2.75) is 26.1 Å². The van der Waals surface area contributed by atoms with Gasteiger partial charge in [0.1, 0.15) is 0 Å². The van der Waals surface area contributed by atoms with Crippen LogP contribution in [-0.2, 0) is 12.3 Å². The van der Waals surface area contributed by atoms with Gasteiger partial charge >= 0.3 is 5.97 Å². The highest BCUT2D eigenvalue weighted by Crippen LogP contribution is 2.24. The maximum absolute atomic E-state index is 11.0. The molecule has 2 aromatic rings. The molecule has 0 aliphatic rings. The zero-order chi connectivity index (χ0) is 13.1. The summed E-state index contributed by atoms with van der Waals surface area (Å²) in [4.78, 5) is 11.0. The molecular weight excluding hydrogens is 246 g/mol. The summed E-state index contributed by atoms with van der Waals surface area (Å²) in [5.74, 6) is 1.19. The highest BCUT2D eigenvalue weighted by atomic mass is 32.2. The fourth-order valence-electron chi connectivity index (χ4n) is 2.16. The summed E-state index contributed by atoms with van der Waals surface area (Å²) in [6.07, 6.45) is 0. The number of aromatic carboxylic acids is 1. The summed E-state index contributed by atoms with van der Waals surface area (Å²) in [5, 5.41) is 10.0. The van der Waals surface area contributed by atoms with E-state index in [1.165, 1.54) is 5.69 Å². The molecular formula is C14H17NO2S. The molecule has 0 bridgehead atoms. The van der Waals surface area contributed by atoms with Crippen LogP contribution in [0, 0.1) is 0 Å². The average molecular weight is 263 g/mol. The molecule has 0 saturated carbocycles. The Morgan fingerprint density at radius 1 is 1.33 bits per heavy atom. The molecule has 0 aliphatic carbocycles. The first-order valence-corrected chi connectivity index (χ1v) is 7.26. The third kappa shape index (κ3) is 2.38. The summed E-state index contributed by atoms with van der Waals surface area (Å²) >= 11 is 1.88. The fourth-order valence-corrected chi connectivity index (χ4v) is 2.81. The smallest absolute Gasteiger partial charge is 0.335 e. The summed E-state index contributed by atoms with van der Waals surface area (Å²) in [6, 6.07) is 7.44. The van der Waals surface area contributed by atoms with Crippen LogP contribution in [0.3, 0.4) is 0 Å². The molecule has 0 fully saturated rings. The normalized spacial score (nSPS) is 11.0. The largest absolute Gasteiger partial charge is 0.478 e. The van der Waals surface area contributed by atoms with E-state index in [2.05, 4.69) is 24.5 Å². The second kappa shape index (κ2) is 5.48. The van der Waals surface area contributed by atoms with Crippen molar-refractivity contribution in [1.82, 2.24) is 4.57 Å². The predicted molar refractivity (Wildman–Crippen MR) is 76.4 cm³/mol. The summed E-state index contributed by atoms with van der Waals surface area (Å²) < 4.78 is 2.25. The van der Waals surface area contributed by atoms with Crippen LogP contribution in [0.15, 0.2) is 24.3 Å². The van der Waals surface area contributed by atoms with E-state index < -0.39 is 5.97 Å². The van der Waals surface area contributed by atoms with Crippen molar-refractivity contribution in [1.29, 1.82) is 0 Å². The lowest BCUT2D eigenvalue weighted by Gasteiger charge is -2.07. The Morgan fingerprint density at radius 3 is 2.72 bits per heavy atom. The summed E-state index contributed by atoms with van der Waals surface area (Å²) in [5.41, 5.74) is 2.74. The SMILES string of the molecule is CCSCc1cc2cc(C(=O)O)ccc2n1CC. The van der Waals surface area contributed by atoms with Gasteiger partial charge in [-0.25, -0.2) is 4.79 Å². The quantitative estimate of drug-likeness (QED) is 0.896. The van der Waals surface area contributed by atoms with Crippen molar-refractivity contribution in [2.75, 3.05) is 5.75 Å². The van der Waals surface area contributed by atoms with Gasteiger partial charge in [-0.05, 0) is 36.9 Å². The van der Waals surface area contributed by atoms with Gasteiger partial charge < -0.3 is 9.67 Å². The molecule has 1 heterocycles. The number of rotatable bonds is 5. The van der Waals surface area contributed by atoms with Gasteiger partial charge in [0, 0.05) is 28.9 Å². The van der Waals surface area contributed by atoms with Gasteiger partial charge in [-0.1, -0.05) is 6.92 Å². The van der Waals surface area contributed by atoms with Gasteiger partial charge in [-0.2, -0.15) is 11.8 Å². The minimum absolute atomic E-state index is 0.352. The van der Waals surface area contributed by atoms with Crippen LogP contribution >= 0.6 is 11.8 Å². The molecule has 1 aromatic carbocycles. The summed E-state index contributed by atoms with van der Waals surface area (Å²) in [7, 11) is 0. The van der Waals surface area contributed by atoms with Crippen LogP contribution < -0.4 is 0 Å². The Balaban J connectivity index is 2.49. The van der Waals surface area contributed by atoms with Gasteiger partial charge in [-0.3, -0.25) is 0 Å². The van der Waals surface area contributed by atoms with Gasteiger partial charge in [0.05, 0.1) is 5.56 Å². The number of fused-ring (bicyclic) bond motifs is 1. The molecule has 0 atom stereocenters. The van der Waals surface area contributed by atoms with E-state index in [-0.39, 0.29) is 0 Å². The number of hydrogen-bond donors (Lipinski definition) is 1. The van der Waals surface area contributed by atoms with Crippen LogP contribution in [-0.4, -0.2) is 21.4 Å². The summed E-state index contributed by atoms with van der Waals surface area (Å²) in [6.45, 7) is 5.17. The minimum atomic E-state index is -0.870. The van der Waals surface area contributed by atoms with E-state index in [1.807, 2.05) is 17.8 Å². The highest BCUT2D eigenvalue weighted by molar-refractivity contribution is 7.98. The van der Waals surface area contributed by atoms with E-state index in [0.717, 1.165) is 29.0 Å². The highest BCUT2D eigenvalue weighted by Gasteiger charge is 2.10. The molecule has 18 heavy (non-hydrogen) atoms. The number of carboxylic acids is 1. The Morgan fingerprint density at radius 2 is 2.11 bits per heavy atom. The van der Waals surface area contributed by atoms with Crippen LogP contribution in [0.1, 0.15) is 29.9 Å². The molecule has 1 N–H and O–H groups in total. The molecule has 3 nitrogen and oxygen atoms in total. The van der Waals surface area contributed by atoms with Gasteiger partial charge in [-0.15, -0.1) is 0 Å². The molecule has 0 unspecified atom stereocenters. The number of hydrogen-bond acceptors (Lipinski definition) is 2. The molecule has 0 spiro atoms. The topological polar surface area (TPSA) is 42.2 Å². The first kappa shape index (κ1) is 13.0.